The molecule has 0 saturated heterocycles. The van der Waals surface area contributed by atoms with Gasteiger partial charge in [-0.05, 0) is 6.07 Å². The Morgan fingerprint density at radius 3 is 2.61 bits per heavy atom. The van der Waals surface area contributed by atoms with Crippen molar-refractivity contribution in [1.82, 2.24) is 19.6 Å². The molecule has 0 bridgehead atoms. The summed E-state index contributed by atoms with van der Waals surface area (Å²) in [6, 6.07) is 0.480. The molecule has 1 atom stereocenters. The van der Waals surface area contributed by atoms with Crippen LogP contribution in [-0.4, -0.2) is 26.1 Å². The predicted molar refractivity (Wildman–Crippen MR) is 57.6 cm³/mol. The Kier molecular flexibility index (Phi) is 3.12. The summed E-state index contributed by atoms with van der Waals surface area (Å²) >= 11 is 0. The highest BCUT2D eigenvalue weighted by Gasteiger charge is 2.34. The largest absolute Gasteiger partial charge is 0.435 e. The summed E-state index contributed by atoms with van der Waals surface area (Å²) in [6.07, 6.45) is 0.0889. The molecule has 2 heterocycles. The molecule has 1 unspecified atom stereocenters. The topological polar surface area (TPSA) is 61.7 Å². The van der Waals surface area contributed by atoms with E-state index in [1.165, 1.54) is 10.9 Å². The van der Waals surface area contributed by atoms with Crippen LogP contribution in [-0.2, 0) is 13.2 Å². The Bertz CT molecular complexity index is 528. The molecule has 8 heteroatoms. The third-order valence-electron chi connectivity index (χ3n) is 2.55. The Labute approximate surface area is 101 Å². The molecule has 0 aliphatic rings. The second kappa shape index (κ2) is 4.45. The van der Waals surface area contributed by atoms with Crippen LogP contribution in [0.2, 0.25) is 0 Å². The van der Waals surface area contributed by atoms with Gasteiger partial charge in [0, 0.05) is 31.5 Å². The van der Waals surface area contributed by atoms with Gasteiger partial charge in [0.25, 0.3) is 0 Å². The average Bonchev–Trinajstić information content (AvgIpc) is 2.88. The van der Waals surface area contributed by atoms with Gasteiger partial charge in [0.15, 0.2) is 5.69 Å². The molecule has 0 radical (unpaired) electrons. The van der Waals surface area contributed by atoms with Gasteiger partial charge >= 0.3 is 6.18 Å². The molecule has 0 saturated carbocycles. The molecular weight excluding hydrogens is 247 g/mol. The van der Waals surface area contributed by atoms with E-state index in [2.05, 4.69) is 10.2 Å². The molecule has 2 N–H and O–H groups in total. The van der Waals surface area contributed by atoms with Gasteiger partial charge in [0.2, 0.25) is 0 Å². The van der Waals surface area contributed by atoms with Crippen LogP contribution in [0.4, 0.5) is 13.2 Å². The van der Waals surface area contributed by atoms with Gasteiger partial charge < -0.3 is 5.73 Å². The summed E-state index contributed by atoms with van der Waals surface area (Å²) in [7, 11) is 1.72. The number of aromatic nitrogens is 4. The number of halogens is 3. The Morgan fingerprint density at radius 1 is 1.44 bits per heavy atom. The van der Waals surface area contributed by atoms with E-state index in [1.807, 2.05) is 0 Å². The molecule has 0 aromatic carbocycles. The summed E-state index contributed by atoms with van der Waals surface area (Å²) < 4.78 is 40.1. The number of hydrogen-bond donors (Lipinski definition) is 1. The van der Waals surface area contributed by atoms with Gasteiger partial charge in [-0.15, -0.1) is 0 Å². The molecule has 2 aromatic rings. The molecule has 5 nitrogen and oxygen atoms in total. The molecule has 98 valence electrons. The van der Waals surface area contributed by atoms with Gasteiger partial charge in [-0.3, -0.25) is 9.36 Å². The van der Waals surface area contributed by atoms with Crippen molar-refractivity contribution in [3.8, 4) is 0 Å². The number of rotatable bonds is 3. The Balaban J connectivity index is 2.31. The average molecular weight is 259 g/mol. The molecule has 0 aliphatic heterocycles. The van der Waals surface area contributed by atoms with E-state index in [0.717, 1.165) is 11.6 Å². The maximum atomic E-state index is 12.5. The number of hydrogen-bond acceptors (Lipinski definition) is 3. The van der Waals surface area contributed by atoms with E-state index in [1.54, 1.807) is 24.1 Å². The second-order valence-corrected chi connectivity index (χ2v) is 3.88. The van der Waals surface area contributed by atoms with Crippen molar-refractivity contribution in [2.45, 2.75) is 12.2 Å². The second-order valence-electron chi connectivity index (χ2n) is 3.88. The van der Waals surface area contributed by atoms with Gasteiger partial charge in [0.1, 0.15) is 0 Å². The molecule has 0 aliphatic carbocycles. The fraction of sp³-hybridized carbons (Fsp3) is 0.400. The van der Waals surface area contributed by atoms with Crippen LogP contribution < -0.4 is 5.73 Å². The van der Waals surface area contributed by atoms with Crippen LogP contribution in [0.25, 0.3) is 0 Å². The minimum Gasteiger partial charge on any atom is -0.328 e. The number of alkyl halides is 3. The zero-order valence-electron chi connectivity index (χ0n) is 9.59. The van der Waals surface area contributed by atoms with Crippen molar-refractivity contribution in [1.29, 1.82) is 0 Å². The SMILES string of the molecule is Cn1cc(C(CN)n2ccc(C(F)(F)F)n2)cn1. The summed E-state index contributed by atoms with van der Waals surface area (Å²) in [5.41, 5.74) is 5.38. The van der Waals surface area contributed by atoms with Gasteiger partial charge in [0.05, 0.1) is 12.2 Å². The first-order valence-corrected chi connectivity index (χ1v) is 5.23. The lowest BCUT2D eigenvalue weighted by molar-refractivity contribution is -0.141. The standard InChI is InChI=1S/C10H12F3N5/c1-17-6-7(5-15-17)8(4-14)18-3-2-9(16-18)10(11,12)13/h2-3,5-6,8H,4,14H2,1H3. The van der Waals surface area contributed by atoms with Crippen LogP contribution in [0, 0.1) is 0 Å². The van der Waals surface area contributed by atoms with Crippen LogP contribution in [0.5, 0.6) is 0 Å². The summed E-state index contributed by atoms with van der Waals surface area (Å²) in [6.45, 7) is 0.144. The van der Waals surface area contributed by atoms with Crippen LogP contribution in [0.3, 0.4) is 0 Å². The molecule has 18 heavy (non-hydrogen) atoms. The van der Waals surface area contributed by atoms with Crippen LogP contribution in [0.15, 0.2) is 24.7 Å². The molecule has 0 amide bonds. The van der Waals surface area contributed by atoms with Crippen molar-refractivity contribution in [2.24, 2.45) is 12.8 Å². The van der Waals surface area contributed by atoms with Gasteiger partial charge in [-0.1, -0.05) is 0 Å². The summed E-state index contributed by atoms with van der Waals surface area (Å²) in [5.74, 6) is 0. The monoisotopic (exact) mass is 259 g/mol. The van der Waals surface area contributed by atoms with E-state index in [0.29, 0.717) is 0 Å². The van der Waals surface area contributed by atoms with Gasteiger partial charge in [-0.25, -0.2) is 0 Å². The molecule has 2 aromatic heterocycles. The minimum absolute atomic E-state index is 0.144. The van der Waals surface area contributed by atoms with Crippen molar-refractivity contribution in [3.05, 3.63) is 35.9 Å². The smallest absolute Gasteiger partial charge is 0.328 e. The van der Waals surface area contributed by atoms with E-state index in [-0.39, 0.29) is 6.54 Å². The minimum atomic E-state index is -4.45. The first-order valence-electron chi connectivity index (χ1n) is 5.23. The van der Waals surface area contributed by atoms with Crippen LogP contribution >= 0.6 is 0 Å². The first kappa shape index (κ1) is 12.6. The molecule has 0 spiro atoms. The lowest BCUT2D eigenvalue weighted by atomic mass is 10.2. The molecule has 0 fully saturated rings. The number of aryl methyl sites for hydroxylation is 1. The van der Waals surface area contributed by atoms with E-state index in [9.17, 15) is 13.2 Å². The lowest BCUT2D eigenvalue weighted by Crippen LogP contribution is -2.21. The predicted octanol–water partition coefficient (Wildman–Crippen LogP) is 1.18. The van der Waals surface area contributed by atoms with E-state index in [4.69, 9.17) is 5.73 Å². The Hall–Kier alpha value is -1.83. The van der Waals surface area contributed by atoms with E-state index >= 15 is 0 Å². The zero-order chi connectivity index (χ0) is 13.3. The van der Waals surface area contributed by atoms with Crippen LogP contribution in [0.1, 0.15) is 17.3 Å². The summed E-state index contributed by atoms with van der Waals surface area (Å²) in [4.78, 5) is 0. The highest BCUT2D eigenvalue weighted by molar-refractivity contribution is 5.14. The first-order chi connectivity index (χ1) is 8.41. The van der Waals surface area contributed by atoms with Crippen molar-refractivity contribution in [3.63, 3.8) is 0 Å². The normalized spacial score (nSPS) is 13.8. The maximum Gasteiger partial charge on any atom is 0.435 e. The molecular formula is C10H12F3N5. The lowest BCUT2D eigenvalue weighted by Gasteiger charge is -2.13. The van der Waals surface area contributed by atoms with Crippen molar-refractivity contribution in [2.75, 3.05) is 6.54 Å². The maximum absolute atomic E-state index is 12.5. The third kappa shape index (κ3) is 2.37. The fourth-order valence-corrected chi connectivity index (χ4v) is 1.67. The quantitative estimate of drug-likeness (QED) is 0.900. The zero-order valence-corrected chi connectivity index (χ0v) is 9.59. The van der Waals surface area contributed by atoms with Crippen molar-refractivity contribution >= 4 is 0 Å². The fourth-order valence-electron chi connectivity index (χ4n) is 1.67. The van der Waals surface area contributed by atoms with Crippen molar-refractivity contribution < 1.29 is 13.2 Å². The van der Waals surface area contributed by atoms with E-state index < -0.39 is 17.9 Å². The third-order valence-corrected chi connectivity index (χ3v) is 2.55. The highest BCUT2D eigenvalue weighted by atomic mass is 19.4. The Morgan fingerprint density at radius 2 is 2.17 bits per heavy atom. The number of nitrogens with zero attached hydrogens (tertiary/aromatic N) is 4. The highest BCUT2D eigenvalue weighted by Crippen LogP contribution is 2.28. The summed E-state index contributed by atoms with van der Waals surface area (Å²) in [5, 5.41) is 7.48. The number of nitrogens with two attached hydrogens (primary N) is 1. The molecule has 2 rings (SSSR count). The van der Waals surface area contributed by atoms with Gasteiger partial charge in [-0.2, -0.15) is 23.4 Å².